The van der Waals surface area contributed by atoms with Crippen LogP contribution in [0.1, 0.15) is 40.1 Å². The van der Waals surface area contributed by atoms with E-state index in [1.165, 1.54) is 6.07 Å². The summed E-state index contributed by atoms with van der Waals surface area (Å²) < 4.78 is 5.37. The van der Waals surface area contributed by atoms with Crippen LogP contribution in [-0.2, 0) is 0 Å². The Morgan fingerprint density at radius 1 is 0.938 bits per heavy atom. The lowest BCUT2D eigenvalue weighted by molar-refractivity contribution is 0.0954. The molecule has 3 rings (SSSR count). The van der Waals surface area contributed by atoms with E-state index >= 15 is 0 Å². The number of benzene rings is 3. The first kappa shape index (κ1) is 23.3. The van der Waals surface area contributed by atoms with E-state index in [-0.39, 0.29) is 16.8 Å². The van der Waals surface area contributed by atoms with Crippen LogP contribution in [-0.4, -0.2) is 24.1 Å². The fraction of sp³-hybridized carbons (Fsp3) is 0.125. The lowest BCUT2D eigenvalue weighted by Crippen LogP contribution is -2.19. The summed E-state index contributed by atoms with van der Waals surface area (Å²) in [6.07, 6.45) is 0. The Hall–Kier alpha value is -3.35. The summed E-state index contributed by atoms with van der Waals surface area (Å²) in [4.78, 5) is 24.9. The lowest BCUT2D eigenvalue weighted by Gasteiger charge is -2.09. The maximum atomic E-state index is 12.5. The molecule has 0 aliphatic carbocycles. The summed E-state index contributed by atoms with van der Waals surface area (Å²) in [5.74, 6) is -0.000992. The highest BCUT2D eigenvalue weighted by molar-refractivity contribution is 6.37. The molecule has 8 heteroatoms. The Bertz CT molecular complexity index is 1160. The molecule has 0 bridgehead atoms. The zero-order valence-corrected chi connectivity index (χ0v) is 19.0. The van der Waals surface area contributed by atoms with E-state index in [0.29, 0.717) is 39.9 Å². The van der Waals surface area contributed by atoms with E-state index in [1.54, 1.807) is 61.5 Å². The van der Waals surface area contributed by atoms with Gasteiger partial charge in [0.25, 0.3) is 11.8 Å². The number of carbonyl (C=O) groups excluding carboxylic acids is 2. The number of nitrogens with zero attached hydrogens (tertiary/aromatic N) is 1. The predicted molar refractivity (Wildman–Crippen MR) is 128 cm³/mol. The smallest absolute Gasteiger partial charge is 0.271 e. The standard InChI is InChI=1S/C24H21Cl2N3O3/c1-3-32-20-10-7-16(8-11-20)23(30)29-28-15(2)17-5-4-6-19(13-17)27-24(31)21-12-9-18(25)14-22(21)26/h4-14H,3H2,1-2H3,(H,27,31)(H,29,30)/b28-15-. The first-order valence-corrected chi connectivity index (χ1v) is 10.6. The van der Waals surface area contributed by atoms with Crippen molar-refractivity contribution in [3.63, 3.8) is 0 Å². The van der Waals surface area contributed by atoms with Crippen molar-refractivity contribution < 1.29 is 14.3 Å². The number of hydrogen-bond acceptors (Lipinski definition) is 4. The van der Waals surface area contributed by atoms with Crippen LogP contribution >= 0.6 is 23.2 Å². The molecule has 0 radical (unpaired) electrons. The van der Waals surface area contributed by atoms with Crippen molar-refractivity contribution in [2.75, 3.05) is 11.9 Å². The minimum atomic E-state index is -0.359. The molecule has 3 aromatic rings. The van der Waals surface area contributed by atoms with Gasteiger partial charge in [-0.15, -0.1) is 0 Å². The van der Waals surface area contributed by atoms with Crippen molar-refractivity contribution in [3.05, 3.63) is 93.5 Å². The molecule has 0 aromatic heterocycles. The Balaban J connectivity index is 1.67. The number of rotatable bonds is 7. The van der Waals surface area contributed by atoms with E-state index in [1.807, 2.05) is 13.0 Å². The SMILES string of the molecule is CCOc1ccc(C(=O)N/N=C(/C)c2cccc(NC(=O)c3ccc(Cl)cc3Cl)c2)cc1. The molecular formula is C24H21Cl2N3O3. The van der Waals surface area contributed by atoms with Crippen LogP contribution in [0.3, 0.4) is 0 Å². The number of anilines is 1. The number of halogens is 2. The third-order valence-corrected chi connectivity index (χ3v) is 5.01. The zero-order chi connectivity index (χ0) is 23.1. The number of ether oxygens (including phenoxy) is 1. The Labute approximate surface area is 196 Å². The van der Waals surface area contributed by atoms with Gasteiger partial charge in [0.15, 0.2) is 0 Å². The van der Waals surface area contributed by atoms with Gasteiger partial charge in [0, 0.05) is 16.3 Å². The molecule has 164 valence electrons. The van der Waals surface area contributed by atoms with Gasteiger partial charge < -0.3 is 10.1 Å². The fourth-order valence-electron chi connectivity index (χ4n) is 2.83. The van der Waals surface area contributed by atoms with Crippen LogP contribution in [0.15, 0.2) is 71.8 Å². The maximum absolute atomic E-state index is 12.5. The van der Waals surface area contributed by atoms with Crippen molar-refractivity contribution in [3.8, 4) is 5.75 Å². The van der Waals surface area contributed by atoms with Crippen molar-refractivity contribution in [1.29, 1.82) is 0 Å². The molecule has 0 saturated carbocycles. The van der Waals surface area contributed by atoms with Gasteiger partial charge in [-0.2, -0.15) is 5.10 Å². The third-order valence-electron chi connectivity index (χ3n) is 4.47. The topological polar surface area (TPSA) is 79.8 Å². The Morgan fingerprint density at radius 2 is 1.69 bits per heavy atom. The molecule has 2 amide bonds. The minimum Gasteiger partial charge on any atom is -0.494 e. The van der Waals surface area contributed by atoms with Crippen molar-refractivity contribution in [1.82, 2.24) is 5.43 Å². The van der Waals surface area contributed by atoms with Crippen LogP contribution in [0.4, 0.5) is 5.69 Å². The highest BCUT2D eigenvalue weighted by Crippen LogP contribution is 2.22. The van der Waals surface area contributed by atoms with Crippen molar-refractivity contribution in [2.24, 2.45) is 5.10 Å². The summed E-state index contributed by atoms with van der Waals surface area (Å²) in [6, 6.07) is 18.6. The first-order valence-electron chi connectivity index (χ1n) is 9.81. The molecule has 32 heavy (non-hydrogen) atoms. The zero-order valence-electron chi connectivity index (χ0n) is 17.5. The van der Waals surface area contributed by atoms with E-state index in [9.17, 15) is 9.59 Å². The van der Waals surface area contributed by atoms with Gasteiger partial charge in [-0.1, -0.05) is 35.3 Å². The molecule has 0 spiro atoms. The van der Waals surface area contributed by atoms with Gasteiger partial charge in [0.1, 0.15) is 5.75 Å². The lowest BCUT2D eigenvalue weighted by atomic mass is 10.1. The summed E-state index contributed by atoms with van der Waals surface area (Å²) >= 11 is 12.0. The van der Waals surface area contributed by atoms with Gasteiger partial charge >= 0.3 is 0 Å². The summed E-state index contributed by atoms with van der Waals surface area (Å²) in [6.45, 7) is 4.21. The first-order chi connectivity index (χ1) is 15.4. The largest absolute Gasteiger partial charge is 0.494 e. The minimum absolute atomic E-state index is 0.265. The second-order valence-corrected chi connectivity index (χ2v) is 7.60. The molecular weight excluding hydrogens is 449 g/mol. The molecule has 0 saturated heterocycles. The van der Waals surface area contributed by atoms with Gasteiger partial charge in [-0.25, -0.2) is 5.43 Å². The molecule has 0 heterocycles. The average Bonchev–Trinajstić information content (AvgIpc) is 2.78. The van der Waals surface area contributed by atoms with Crippen molar-refractivity contribution in [2.45, 2.75) is 13.8 Å². The average molecular weight is 470 g/mol. The van der Waals surface area contributed by atoms with Crippen molar-refractivity contribution >= 4 is 46.4 Å². The Morgan fingerprint density at radius 3 is 2.38 bits per heavy atom. The molecule has 0 aliphatic heterocycles. The number of nitrogens with one attached hydrogen (secondary N) is 2. The Kier molecular flexibility index (Phi) is 7.87. The molecule has 0 fully saturated rings. The van der Waals surface area contributed by atoms with Crippen LogP contribution in [0.25, 0.3) is 0 Å². The summed E-state index contributed by atoms with van der Waals surface area (Å²) in [5, 5.41) is 7.68. The van der Waals surface area contributed by atoms with Gasteiger partial charge in [-0.3, -0.25) is 9.59 Å². The molecule has 0 aliphatic rings. The quantitative estimate of drug-likeness (QED) is 0.339. The number of hydrogen-bond donors (Lipinski definition) is 2. The second-order valence-electron chi connectivity index (χ2n) is 6.75. The summed E-state index contributed by atoms with van der Waals surface area (Å²) in [5.41, 5.74) is 5.18. The van der Waals surface area contributed by atoms with Crippen LogP contribution in [0.2, 0.25) is 10.0 Å². The number of amides is 2. The highest BCUT2D eigenvalue weighted by Gasteiger charge is 2.12. The van der Waals surface area contributed by atoms with Crippen LogP contribution in [0, 0.1) is 0 Å². The maximum Gasteiger partial charge on any atom is 0.271 e. The van der Waals surface area contributed by atoms with Gasteiger partial charge in [0.05, 0.1) is 22.9 Å². The number of carbonyl (C=O) groups is 2. The molecule has 0 atom stereocenters. The molecule has 6 nitrogen and oxygen atoms in total. The van der Waals surface area contributed by atoms with Gasteiger partial charge in [-0.05, 0) is 74.0 Å². The van der Waals surface area contributed by atoms with E-state index in [0.717, 1.165) is 5.56 Å². The highest BCUT2D eigenvalue weighted by atomic mass is 35.5. The molecule has 3 aromatic carbocycles. The molecule has 2 N–H and O–H groups in total. The fourth-order valence-corrected chi connectivity index (χ4v) is 3.32. The second kappa shape index (κ2) is 10.8. The number of hydrazone groups is 1. The van der Waals surface area contributed by atoms with E-state index in [2.05, 4.69) is 15.8 Å². The third kappa shape index (κ3) is 6.09. The molecule has 0 unspecified atom stereocenters. The van der Waals surface area contributed by atoms with Crippen LogP contribution < -0.4 is 15.5 Å². The normalized spacial score (nSPS) is 11.1. The van der Waals surface area contributed by atoms with E-state index < -0.39 is 0 Å². The predicted octanol–water partition coefficient (Wildman–Crippen LogP) is 5.80. The van der Waals surface area contributed by atoms with E-state index in [4.69, 9.17) is 27.9 Å². The van der Waals surface area contributed by atoms with Crippen LogP contribution in [0.5, 0.6) is 5.75 Å². The van der Waals surface area contributed by atoms with Gasteiger partial charge in [0.2, 0.25) is 0 Å². The monoisotopic (exact) mass is 469 g/mol. The summed E-state index contributed by atoms with van der Waals surface area (Å²) in [7, 11) is 0.